The average molecular weight is 713 g/mol. The van der Waals surface area contributed by atoms with Crippen LogP contribution in [-0.4, -0.2) is 37.0 Å². The third kappa shape index (κ3) is 12.8. The molecule has 0 aliphatic heterocycles. The molecule has 211 valence electrons. The molecule has 0 amide bonds. The summed E-state index contributed by atoms with van der Waals surface area (Å²) in [4.78, 5) is 14.6. The summed E-state index contributed by atoms with van der Waals surface area (Å²) >= 11 is 0. The van der Waals surface area contributed by atoms with Gasteiger partial charge in [0.25, 0.3) is 10.1 Å². The molecule has 0 bridgehead atoms. The summed E-state index contributed by atoms with van der Waals surface area (Å²) in [6.45, 7) is 13.8. The van der Waals surface area contributed by atoms with E-state index in [1.165, 1.54) is 12.1 Å². The number of methoxy groups -OCH3 is 1. The van der Waals surface area contributed by atoms with Crippen LogP contribution >= 0.6 is 0 Å². The second-order valence-corrected chi connectivity index (χ2v) is 10.6. The minimum Gasteiger partial charge on any atom is -0.497 e. The number of hydrogen-bond acceptors (Lipinski definition) is 6. The molecule has 0 atom stereocenters. The maximum atomic E-state index is 10.6. The van der Waals surface area contributed by atoms with Crippen LogP contribution in [0.3, 0.4) is 0 Å². The number of nitro benzene ring substituents is 1. The third-order valence-corrected chi connectivity index (χ3v) is 6.91. The van der Waals surface area contributed by atoms with Gasteiger partial charge in [0.15, 0.2) is 5.69 Å². The van der Waals surface area contributed by atoms with E-state index in [1.807, 2.05) is 31.2 Å². The topological polar surface area (TPSA) is 119 Å². The third-order valence-electron chi connectivity index (χ3n) is 6.91. The number of nitrogens with zero attached hydrogens (tertiary/aromatic N) is 2. The molecule has 2 aromatic carbocycles. The molecule has 10 heteroatoms. The van der Waals surface area contributed by atoms with E-state index in [9.17, 15) is 18.5 Å². The molecule has 0 aromatic heterocycles. The first kappa shape index (κ1) is 37.0. The second kappa shape index (κ2) is 16.7. The van der Waals surface area contributed by atoms with Gasteiger partial charge >= 0.3 is 0 Å². The molecule has 1 aliphatic rings. The summed E-state index contributed by atoms with van der Waals surface area (Å²) in [5.74, 6) is 5.44. The van der Waals surface area contributed by atoms with Gasteiger partial charge in [-0.05, 0) is 59.6 Å². The van der Waals surface area contributed by atoms with Gasteiger partial charge in [-0.1, -0.05) is 53.7 Å². The van der Waals surface area contributed by atoms with E-state index in [0.717, 1.165) is 52.3 Å². The van der Waals surface area contributed by atoms with Crippen LogP contribution in [0.4, 0.5) is 11.4 Å². The number of hydrogen-bond donors (Lipinski definition) is 1. The summed E-state index contributed by atoms with van der Waals surface area (Å²) in [5, 5.41) is 10.6. The Labute approximate surface area is 236 Å². The largest absolute Gasteiger partial charge is 0.497 e. The fourth-order valence-corrected chi connectivity index (χ4v) is 4.06. The van der Waals surface area contributed by atoms with E-state index in [1.54, 1.807) is 13.2 Å². The van der Waals surface area contributed by atoms with Gasteiger partial charge in [0.1, 0.15) is 5.75 Å². The van der Waals surface area contributed by atoms with Gasteiger partial charge in [0.05, 0.1) is 19.1 Å². The smallest absolute Gasteiger partial charge is 0.261 e. The molecule has 2 aromatic rings. The van der Waals surface area contributed by atoms with Gasteiger partial charge in [-0.2, -0.15) is 8.42 Å². The van der Waals surface area contributed by atoms with Crippen molar-refractivity contribution in [3.8, 4) is 5.75 Å². The number of aliphatic imine (C=N–C) groups is 1. The fraction of sp³-hybridized carbons (Fsp3) is 0.481. The number of ether oxygens (including phenoxy) is 1. The summed E-state index contributed by atoms with van der Waals surface area (Å²) in [5.41, 5.74) is 2.28. The molecule has 37 heavy (non-hydrogen) atoms. The maximum absolute atomic E-state index is 10.6. The Bertz CT molecular complexity index is 1040. The summed E-state index contributed by atoms with van der Waals surface area (Å²) in [7, 11) is -2.06. The molecule has 8 nitrogen and oxygen atoms in total. The van der Waals surface area contributed by atoms with Crippen LogP contribution in [0.25, 0.3) is 0 Å². The van der Waals surface area contributed by atoms with Gasteiger partial charge in [0.2, 0.25) is 0 Å². The molecule has 0 saturated heterocycles. The minimum atomic E-state index is -3.67. The number of nitro groups is 1. The Kier molecular flexibility index (Phi) is 16.7. The van der Waals surface area contributed by atoms with Crippen LogP contribution in [0, 0.1) is 53.2 Å². The molecule has 3 rings (SSSR count). The van der Waals surface area contributed by atoms with E-state index >= 15 is 0 Å². The quantitative estimate of drug-likeness (QED) is 0.124. The average Bonchev–Trinajstić information content (AvgIpc) is 2.96. The standard InChI is InChI=1S/C15H13N2O3.C10H20.CH4O3S.CH3.Ir/c1-11(12-3-7-14(8-4-12)17(18)19)16-13-5-9-15(20-2)10-6-13;1-6-7(2)9(4)10(5)8(6)3;1-5(2,3)4;;/h3,5-10H,1-2H3;6-10H,1-5H3;1H3,(H,2,3,4);1H3;/q-1;;;-1;. The second-order valence-electron chi connectivity index (χ2n) is 9.14. The molecule has 1 N–H and O–H groups in total. The first-order chi connectivity index (χ1) is 16.1. The summed E-state index contributed by atoms with van der Waals surface area (Å²) < 4.78 is 30.9. The van der Waals surface area contributed by atoms with Crippen LogP contribution in [0.5, 0.6) is 5.75 Å². The van der Waals surface area contributed by atoms with Crippen molar-refractivity contribution in [2.45, 2.75) is 41.5 Å². The van der Waals surface area contributed by atoms with Crippen molar-refractivity contribution in [3.63, 3.8) is 0 Å². The van der Waals surface area contributed by atoms with Crippen molar-refractivity contribution in [2.75, 3.05) is 13.4 Å². The van der Waals surface area contributed by atoms with Crippen LogP contribution < -0.4 is 4.74 Å². The number of rotatable bonds is 4. The van der Waals surface area contributed by atoms with Crippen molar-refractivity contribution in [1.82, 2.24) is 0 Å². The zero-order valence-electron chi connectivity index (χ0n) is 23.1. The van der Waals surface area contributed by atoms with Crippen LogP contribution in [-0.2, 0) is 30.2 Å². The van der Waals surface area contributed by atoms with E-state index in [2.05, 4.69) is 45.7 Å². The SMILES string of the molecule is CC1C(C)C(C)C(C)C1C.COc1ccc(N=C(C)c2[c-]cc([N+](=O)[O-])cc2)cc1.CS(=O)(=O)O.[CH3-].[Ir]. The molecule has 1 saturated carbocycles. The van der Waals surface area contributed by atoms with Crippen molar-refractivity contribution in [2.24, 2.45) is 34.6 Å². The Morgan fingerprint density at radius 2 is 1.38 bits per heavy atom. The predicted octanol–water partition coefficient (Wildman–Crippen LogP) is 6.68. The number of non-ortho nitro benzene ring substituents is 1. The van der Waals surface area contributed by atoms with E-state index < -0.39 is 15.0 Å². The molecule has 0 unspecified atom stereocenters. The summed E-state index contributed by atoms with van der Waals surface area (Å²) in [6, 6.07) is 14.6. The maximum Gasteiger partial charge on any atom is 0.261 e. The zero-order valence-corrected chi connectivity index (χ0v) is 26.3. The van der Waals surface area contributed by atoms with E-state index in [-0.39, 0.29) is 33.2 Å². The zero-order chi connectivity index (χ0) is 26.9. The van der Waals surface area contributed by atoms with Gasteiger partial charge in [-0.15, -0.1) is 17.7 Å². The molecule has 1 aliphatic carbocycles. The van der Waals surface area contributed by atoms with Crippen LogP contribution in [0.1, 0.15) is 47.1 Å². The minimum absolute atomic E-state index is 0. The van der Waals surface area contributed by atoms with Crippen molar-refractivity contribution < 1.29 is 42.7 Å². The van der Waals surface area contributed by atoms with Crippen molar-refractivity contribution >= 4 is 27.2 Å². The Balaban J connectivity index is 0. The van der Waals surface area contributed by atoms with Gasteiger partial charge in [0, 0.05) is 25.0 Å². The predicted molar refractivity (Wildman–Crippen MR) is 147 cm³/mol. The summed E-state index contributed by atoms with van der Waals surface area (Å²) in [6.07, 6.45) is 0.715. The molecular formula is C27H40IrN2O6S-2. The molecular weight excluding hydrogens is 673 g/mol. The Hall–Kier alpha value is -2.13. The Morgan fingerprint density at radius 3 is 1.68 bits per heavy atom. The number of benzene rings is 2. The van der Waals surface area contributed by atoms with E-state index in [4.69, 9.17) is 9.29 Å². The van der Waals surface area contributed by atoms with Gasteiger partial charge in [-0.25, -0.2) is 0 Å². The normalized spacial score (nSPS) is 22.6. The first-order valence-electron chi connectivity index (χ1n) is 11.4. The molecule has 1 radical (unpaired) electrons. The van der Waals surface area contributed by atoms with Crippen LogP contribution in [0.15, 0.2) is 47.5 Å². The molecule has 1 fully saturated rings. The molecule has 0 heterocycles. The monoisotopic (exact) mass is 713 g/mol. The van der Waals surface area contributed by atoms with Crippen LogP contribution in [0.2, 0.25) is 0 Å². The fourth-order valence-electron chi connectivity index (χ4n) is 4.06. The molecule has 0 spiro atoms. The Morgan fingerprint density at radius 1 is 0.973 bits per heavy atom. The first-order valence-corrected chi connectivity index (χ1v) is 13.3. The van der Waals surface area contributed by atoms with Gasteiger partial charge < -0.3 is 17.2 Å². The van der Waals surface area contributed by atoms with E-state index in [0.29, 0.717) is 6.26 Å². The van der Waals surface area contributed by atoms with Crippen molar-refractivity contribution in [1.29, 1.82) is 0 Å². The van der Waals surface area contributed by atoms with Gasteiger partial charge in [-0.3, -0.25) is 14.7 Å². The van der Waals surface area contributed by atoms with Crippen molar-refractivity contribution in [3.05, 3.63) is 71.6 Å².